The summed E-state index contributed by atoms with van der Waals surface area (Å²) in [6, 6.07) is -0.0643. The topological polar surface area (TPSA) is 69.4 Å². The van der Waals surface area contributed by atoms with E-state index in [-0.39, 0.29) is 6.04 Å². The van der Waals surface area contributed by atoms with Crippen molar-refractivity contribution in [2.45, 2.75) is 94.9 Å². The average Bonchev–Trinajstić information content (AvgIpc) is 2.65. The number of ether oxygens (including phenoxy) is 1. The fourth-order valence-corrected chi connectivity index (χ4v) is 4.23. The van der Waals surface area contributed by atoms with Crippen LogP contribution in [0.1, 0.15) is 51.4 Å². The van der Waals surface area contributed by atoms with Gasteiger partial charge in [-0.2, -0.15) is 13.2 Å². The number of hydrogen-bond acceptors (Lipinski definition) is 6. The molecule has 29 heavy (non-hydrogen) atoms. The van der Waals surface area contributed by atoms with E-state index in [0.717, 1.165) is 25.7 Å². The first kappa shape index (κ1) is 23.1. The molecule has 6 nitrogen and oxygen atoms in total. The lowest BCUT2D eigenvalue weighted by Crippen LogP contribution is -2.76. The molecule has 0 radical (unpaired) electrons. The van der Waals surface area contributed by atoms with Gasteiger partial charge in [0, 0.05) is 12.6 Å². The largest absolute Gasteiger partial charge is 0.411 e. The molecule has 1 saturated heterocycles. The van der Waals surface area contributed by atoms with Crippen molar-refractivity contribution in [3.8, 4) is 0 Å². The summed E-state index contributed by atoms with van der Waals surface area (Å²) < 4.78 is 69.5. The van der Waals surface area contributed by atoms with Crippen LogP contribution in [0.2, 0.25) is 0 Å². The van der Waals surface area contributed by atoms with Gasteiger partial charge in [0.25, 0.3) is 0 Å². The molecule has 3 fully saturated rings. The minimum atomic E-state index is -4.43. The maximum absolute atomic E-state index is 13.7. The molecule has 0 amide bonds. The first-order valence-corrected chi connectivity index (χ1v) is 10.5. The molecule has 0 bridgehead atoms. The van der Waals surface area contributed by atoms with Crippen molar-refractivity contribution in [2.75, 3.05) is 13.2 Å². The van der Waals surface area contributed by atoms with E-state index < -0.39 is 44.1 Å². The molecular formula is C18H32F5N5O. The molecule has 0 aromatic carbocycles. The van der Waals surface area contributed by atoms with Gasteiger partial charge < -0.3 is 4.74 Å². The van der Waals surface area contributed by atoms with Crippen LogP contribution in [-0.4, -0.2) is 56.6 Å². The summed E-state index contributed by atoms with van der Waals surface area (Å²) >= 11 is 0. The highest BCUT2D eigenvalue weighted by Gasteiger charge is 2.34. The van der Waals surface area contributed by atoms with Gasteiger partial charge in [0.1, 0.15) is 31.5 Å². The molecule has 5 atom stereocenters. The summed E-state index contributed by atoms with van der Waals surface area (Å²) in [5, 5.41) is 15.5. The Labute approximate surface area is 168 Å². The molecule has 5 N–H and O–H groups in total. The highest BCUT2D eigenvalue weighted by Crippen LogP contribution is 2.25. The third-order valence-electron chi connectivity index (χ3n) is 5.78. The van der Waals surface area contributed by atoms with Crippen molar-refractivity contribution in [3.63, 3.8) is 0 Å². The highest BCUT2D eigenvalue weighted by molar-refractivity contribution is 4.84. The third kappa shape index (κ3) is 8.22. The zero-order chi connectivity index (χ0) is 20.9. The van der Waals surface area contributed by atoms with Crippen molar-refractivity contribution in [1.29, 1.82) is 0 Å². The summed E-state index contributed by atoms with van der Waals surface area (Å²) in [6.45, 7) is -0.764. The number of halogens is 5. The summed E-state index contributed by atoms with van der Waals surface area (Å²) in [6.07, 6.45) is -2.91. The Hall–Kier alpha value is -0.590. The maximum atomic E-state index is 13.7. The molecule has 1 aliphatic heterocycles. The third-order valence-corrected chi connectivity index (χ3v) is 5.78. The van der Waals surface area contributed by atoms with Gasteiger partial charge in [-0.25, -0.2) is 8.78 Å². The molecule has 2 aliphatic carbocycles. The molecule has 0 aromatic rings. The molecule has 5 unspecified atom stereocenters. The zero-order valence-corrected chi connectivity index (χ0v) is 16.4. The summed E-state index contributed by atoms with van der Waals surface area (Å²) in [7, 11) is 0. The quantitative estimate of drug-likeness (QED) is 0.400. The van der Waals surface area contributed by atoms with Crippen molar-refractivity contribution in [1.82, 2.24) is 26.6 Å². The summed E-state index contributed by atoms with van der Waals surface area (Å²) in [5.41, 5.74) is 0. The summed E-state index contributed by atoms with van der Waals surface area (Å²) in [5.74, 6) is 0.326. The van der Waals surface area contributed by atoms with Crippen LogP contribution in [-0.2, 0) is 4.74 Å². The van der Waals surface area contributed by atoms with Gasteiger partial charge in [-0.1, -0.05) is 0 Å². The predicted octanol–water partition coefficient (Wildman–Crippen LogP) is 2.19. The molecule has 1 heterocycles. The second-order valence-corrected chi connectivity index (χ2v) is 8.33. The van der Waals surface area contributed by atoms with E-state index in [1.165, 1.54) is 0 Å². The van der Waals surface area contributed by atoms with Crippen molar-refractivity contribution in [3.05, 3.63) is 0 Å². The van der Waals surface area contributed by atoms with Crippen LogP contribution in [0.5, 0.6) is 0 Å². The van der Waals surface area contributed by atoms with Crippen molar-refractivity contribution < 1.29 is 26.7 Å². The van der Waals surface area contributed by atoms with Crippen molar-refractivity contribution in [2.24, 2.45) is 5.92 Å². The van der Waals surface area contributed by atoms with Gasteiger partial charge in [-0.15, -0.1) is 0 Å². The Morgan fingerprint density at radius 2 is 1.59 bits per heavy atom. The Morgan fingerprint density at radius 3 is 2.28 bits per heavy atom. The minimum Gasteiger partial charge on any atom is -0.340 e. The van der Waals surface area contributed by atoms with E-state index in [2.05, 4.69) is 26.6 Å². The summed E-state index contributed by atoms with van der Waals surface area (Å²) in [4.78, 5) is 0. The van der Waals surface area contributed by atoms with Crippen LogP contribution in [0.4, 0.5) is 22.0 Å². The fourth-order valence-electron chi connectivity index (χ4n) is 4.23. The van der Waals surface area contributed by atoms with Gasteiger partial charge in [0.15, 0.2) is 6.35 Å². The molecule has 2 saturated carbocycles. The normalized spacial score (nSPS) is 39.4. The van der Waals surface area contributed by atoms with E-state index in [4.69, 9.17) is 4.74 Å². The van der Waals surface area contributed by atoms with Crippen LogP contribution in [0, 0.1) is 5.92 Å². The molecule has 3 aliphatic rings. The number of nitrogens with one attached hydrogen (secondary N) is 5. The molecule has 170 valence electrons. The minimum absolute atomic E-state index is 0.0643. The Bertz CT molecular complexity index is 492. The van der Waals surface area contributed by atoms with E-state index in [0.29, 0.717) is 38.1 Å². The second-order valence-electron chi connectivity index (χ2n) is 8.33. The highest BCUT2D eigenvalue weighted by atomic mass is 19.4. The number of alkyl halides is 5. The van der Waals surface area contributed by atoms with E-state index >= 15 is 0 Å². The van der Waals surface area contributed by atoms with Gasteiger partial charge in [-0.05, 0) is 57.3 Å². The van der Waals surface area contributed by atoms with Crippen LogP contribution in [0.3, 0.4) is 0 Å². The number of rotatable bonds is 7. The Kier molecular flexibility index (Phi) is 8.46. The van der Waals surface area contributed by atoms with Gasteiger partial charge in [0.05, 0.1) is 0 Å². The molecular weight excluding hydrogens is 397 g/mol. The Balaban J connectivity index is 1.51. The van der Waals surface area contributed by atoms with Gasteiger partial charge in [-0.3, -0.25) is 26.6 Å². The van der Waals surface area contributed by atoms with Gasteiger partial charge in [0.2, 0.25) is 0 Å². The fraction of sp³-hybridized carbons (Fsp3) is 1.00. The standard InChI is InChI=1S/C18H32F5N5O/c19-12-6-4-11(5-7-12)9-24-15-26-16(25-14-3-1-2-13(20)8-14)28-17(27-15)29-10-18(21,22)23/h11-17,24-28H,1-10H2. The molecule has 3 rings (SSSR count). The lowest BCUT2D eigenvalue weighted by atomic mass is 9.88. The van der Waals surface area contributed by atoms with Crippen LogP contribution < -0.4 is 26.6 Å². The monoisotopic (exact) mass is 429 g/mol. The van der Waals surface area contributed by atoms with E-state index in [9.17, 15) is 22.0 Å². The first-order chi connectivity index (χ1) is 13.8. The van der Waals surface area contributed by atoms with Crippen LogP contribution in [0.25, 0.3) is 0 Å². The molecule has 0 spiro atoms. The maximum Gasteiger partial charge on any atom is 0.411 e. The Morgan fingerprint density at radius 1 is 0.862 bits per heavy atom. The lowest BCUT2D eigenvalue weighted by molar-refractivity contribution is -0.199. The molecule has 0 aromatic heterocycles. The predicted molar refractivity (Wildman–Crippen MR) is 97.9 cm³/mol. The SMILES string of the molecule is FC1CCC(CNC2NC(NC3CCCC(F)C3)NC(OCC(F)(F)F)N2)CC1. The zero-order valence-electron chi connectivity index (χ0n) is 16.4. The number of hydrogen-bond donors (Lipinski definition) is 5. The molecule has 11 heteroatoms. The van der Waals surface area contributed by atoms with Crippen molar-refractivity contribution >= 4 is 0 Å². The lowest BCUT2D eigenvalue weighted by Gasteiger charge is -2.41. The second kappa shape index (κ2) is 10.6. The smallest absolute Gasteiger partial charge is 0.340 e. The van der Waals surface area contributed by atoms with E-state index in [1.54, 1.807) is 0 Å². The van der Waals surface area contributed by atoms with Crippen LogP contribution in [0.15, 0.2) is 0 Å². The van der Waals surface area contributed by atoms with E-state index in [1.807, 2.05) is 0 Å². The first-order valence-electron chi connectivity index (χ1n) is 10.5. The van der Waals surface area contributed by atoms with Crippen LogP contribution >= 0.6 is 0 Å². The van der Waals surface area contributed by atoms with Gasteiger partial charge >= 0.3 is 6.18 Å². The average molecular weight is 429 g/mol.